The summed E-state index contributed by atoms with van der Waals surface area (Å²) in [5, 5.41) is 21.2. The van der Waals surface area contributed by atoms with Crippen LogP contribution in [0.3, 0.4) is 0 Å². The zero-order chi connectivity index (χ0) is 11.5. The lowest BCUT2D eigenvalue weighted by Gasteiger charge is -1.99. The Balaban J connectivity index is 2.01. The van der Waals surface area contributed by atoms with Crippen LogP contribution in [0.15, 0.2) is 24.3 Å². The van der Waals surface area contributed by atoms with Gasteiger partial charge in [-0.15, -0.1) is 0 Å². The van der Waals surface area contributed by atoms with Crippen molar-refractivity contribution < 1.29 is 15.0 Å². The minimum absolute atomic E-state index is 0.0257. The zero-order valence-electron chi connectivity index (χ0n) is 8.68. The van der Waals surface area contributed by atoms with E-state index in [0.717, 1.165) is 12.8 Å². The maximum Gasteiger partial charge on any atom is 0.244 e. The van der Waals surface area contributed by atoms with Crippen molar-refractivity contribution in [3.63, 3.8) is 0 Å². The van der Waals surface area contributed by atoms with Crippen molar-refractivity contribution in [3.8, 4) is 11.5 Å². The third-order valence-corrected chi connectivity index (χ3v) is 2.28. The van der Waals surface area contributed by atoms with Gasteiger partial charge in [-0.05, 0) is 36.6 Å². The molecule has 0 aromatic heterocycles. The van der Waals surface area contributed by atoms with Gasteiger partial charge in [0.1, 0.15) is 11.5 Å². The van der Waals surface area contributed by atoms with E-state index >= 15 is 0 Å². The number of amides is 1. The maximum atomic E-state index is 11.3. The molecule has 1 fully saturated rings. The lowest BCUT2D eigenvalue weighted by molar-refractivity contribution is -0.116. The molecule has 1 aliphatic rings. The molecule has 4 heteroatoms. The highest BCUT2D eigenvalue weighted by Crippen LogP contribution is 2.21. The van der Waals surface area contributed by atoms with E-state index < -0.39 is 0 Å². The van der Waals surface area contributed by atoms with Crippen LogP contribution in [-0.4, -0.2) is 22.2 Å². The molecular formula is C12H13NO3. The van der Waals surface area contributed by atoms with Crippen molar-refractivity contribution in [2.45, 2.75) is 18.9 Å². The van der Waals surface area contributed by atoms with Crippen LogP contribution < -0.4 is 5.32 Å². The second-order valence-corrected chi connectivity index (χ2v) is 3.90. The molecule has 0 aliphatic heterocycles. The van der Waals surface area contributed by atoms with Crippen molar-refractivity contribution in [3.05, 3.63) is 29.8 Å². The average molecular weight is 219 g/mol. The van der Waals surface area contributed by atoms with Gasteiger partial charge < -0.3 is 15.5 Å². The Morgan fingerprint density at radius 3 is 2.44 bits per heavy atom. The summed E-state index contributed by atoms with van der Waals surface area (Å²) in [5.41, 5.74) is 0.587. The van der Waals surface area contributed by atoms with Crippen molar-refractivity contribution in [1.29, 1.82) is 0 Å². The van der Waals surface area contributed by atoms with E-state index in [4.69, 9.17) is 0 Å². The first-order valence-electron chi connectivity index (χ1n) is 5.15. The van der Waals surface area contributed by atoms with Crippen LogP contribution in [0.4, 0.5) is 0 Å². The van der Waals surface area contributed by atoms with E-state index in [-0.39, 0.29) is 17.4 Å². The van der Waals surface area contributed by atoms with E-state index in [2.05, 4.69) is 5.32 Å². The van der Waals surface area contributed by atoms with Crippen molar-refractivity contribution >= 4 is 12.0 Å². The van der Waals surface area contributed by atoms with E-state index in [0.29, 0.717) is 11.6 Å². The smallest absolute Gasteiger partial charge is 0.244 e. The number of nitrogens with one attached hydrogen (secondary N) is 1. The molecule has 0 atom stereocenters. The number of phenols is 2. The highest BCUT2D eigenvalue weighted by Gasteiger charge is 2.21. The number of benzene rings is 1. The third-order valence-electron chi connectivity index (χ3n) is 2.28. The van der Waals surface area contributed by atoms with Gasteiger partial charge in [0.05, 0.1) is 0 Å². The fraction of sp³-hybridized carbons (Fsp3) is 0.250. The van der Waals surface area contributed by atoms with Gasteiger partial charge in [-0.1, -0.05) is 0 Å². The van der Waals surface area contributed by atoms with Gasteiger partial charge >= 0.3 is 0 Å². The topological polar surface area (TPSA) is 69.6 Å². The van der Waals surface area contributed by atoms with Crippen LogP contribution in [0.2, 0.25) is 0 Å². The SMILES string of the molecule is O=C(/C=C\c1cc(O)cc(O)c1)NC1CC1. The summed E-state index contributed by atoms with van der Waals surface area (Å²) in [6, 6.07) is 4.51. The number of phenolic OH excluding ortho intramolecular Hbond substituents is 2. The van der Waals surface area contributed by atoms with Crippen LogP contribution >= 0.6 is 0 Å². The summed E-state index contributed by atoms with van der Waals surface area (Å²) in [6.45, 7) is 0. The van der Waals surface area contributed by atoms with Crippen LogP contribution in [0.1, 0.15) is 18.4 Å². The van der Waals surface area contributed by atoms with Gasteiger partial charge in [-0.3, -0.25) is 4.79 Å². The van der Waals surface area contributed by atoms with Crippen molar-refractivity contribution in [2.75, 3.05) is 0 Å². The Kier molecular flexibility index (Phi) is 2.81. The highest BCUT2D eigenvalue weighted by molar-refractivity contribution is 5.92. The Morgan fingerprint density at radius 2 is 1.88 bits per heavy atom. The lowest BCUT2D eigenvalue weighted by Crippen LogP contribution is -2.22. The van der Waals surface area contributed by atoms with Crippen molar-refractivity contribution in [2.24, 2.45) is 0 Å². The molecular weight excluding hydrogens is 206 g/mol. The van der Waals surface area contributed by atoms with E-state index in [1.807, 2.05) is 0 Å². The summed E-state index contributed by atoms with van der Waals surface area (Å²) >= 11 is 0. The molecule has 1 saturated carbocycles. The fourth-order valence-electron chi connectivity index (χ4n) is 1.36. The maximum absolute atomic E-state index is 11.3. The second kappa shape index (κ2) is 4.26. The van der Waals surface area contributed by atoms with Crippen LogP contribution in [0.5, 0.6) is 11.5 Å². The molecule has 0 radical (unpaired) electrons. The number of hydrogen-bond donors (Lipinski definition) is 3. The molecule has 3 N–H and O–H groups in total. The van der Waals surface area contributed by atoms with Crippen LogP contribution in [0, 0.1) is 0 Å². The molecule has 1 aromatic rings. The number of hydrogen-bond acceptors (Lipinski definition) is 3. The summed E-state index contributed by atoms with van der Waals surface area (Å²) in [6.07, 6.45) is 5.04. The molecule has 1 aromatic carbocycles. The van der Waals surface area contributed by atoms with Crippen LogP contribution in [-0.2, 0) is 4.79 Å². The Bertz CT molecular complexity index is 416. The number of carbonyl (C=O) groups excluding carboxylic acids is 1. The first-order valence-corrected chi connectivity index (χ1v) is 5.15. The zero-order valence-corrected chi connectivity index (χ0v) is 8.68. The van der Waals surface area contributed by atoms with E-state index in [1.54, 1.807) is 6.08 Å². The monoisotopic (exact) mass is 219 g/mol. The predicted octanol–water partition coefficient (Wildman–Crippen LogP) is 1.39. The molecule has 0 heterocycles. The van der Waals surface area contributed by atoms with Gasteiger partial charge in [0.2, 0.25) is 5.91 Å². The van der Waals surface area contributed by atoms with Gasteiger partial charge in [0.25, 0.3) is 0 Å². The molecule has 0 spiro atoms. The Hall–Kier alpha value is -1.97. The first kappa shape index (κ1) is 10.5. The molecule has 1 aliphatic carbocycles. The minimum Gasteiger partial charge on any atom is -0.508 e. The van der Waals surface area contributed by atoms with Crippen LogP contribution in [0.25, 0.3) is 6.08 Å². The predicted molar refractivity (Wildman–Crippen MR) is 60.0 cm³/mol. The molecule has 84 valence electrons. The normalized spacial score (nSPS) is 15.2. The molecule has 16 heavy (non-hydrogen) atoms. The van der Waals surface area contributed by atoms with Gasteiger partial charge in [0, 0.05) is 18.2 Å². The first-order chi connectivity index (χ1) is 7.63. The number of carbonyl (C=O) groups is 1. The Labute approximate surface area is 93.2 Å². The lowest BCUT2D eigenvalue weighted by atomic mass is 10.2. The quantitative estimate of drug-likeness (QED) is 0.673. The Morgan fingerprint density at radius 1 is 1.25 bits per heavy atom. The minimum atomic E-state index is -0.148. The summed E-state index contributed by atoms with van der Waals surface area (Å²) in [4.78, 5) is 11.3. The molecule has 4 nitrogen and oxygen atoms in total. The van der Waals surface area contributed by atoms with Gasteiger partial charge in [-0.2, -0.15) is 0 Å². The standard InChI is InChI=1S/C12H13NO3/c14-10-5-8(6-11(15)7-10)1-4-12(16)13-9-2-3-9/h1,4-7,9,14-15H,2-3H2,(H,13,16)/b4-1-. The molecule has 0 unspecified atom stereocenters. The van der Waals surface area contributed by atoms with E-state index in [9.17, 15) is 15.0 Å². The number of aromatic hydroxyl groups is 2. The van der Waals surface area contributed by atoms with Gasteiger partial charge in [0.15, 0.2) is 0 Å². The number of rotatable bonds is 3. The van der Waals surface area contributed by atoms with E-state index in [1.165, 1.54) is 24.3 Å². The highest BCUT2D eigenvalue weighted by atomic mass is 16.3. The van der Waals surface area contributed by atoms with Gasteiger partial charge in [-0.25, -0.2) is 0 Å². The fourth-order valence-corrected chi connectivity index (χ4v) is 1.36. The largest absolute Gasteiger partial charge is 0.508 e. The summed E-state index contributed by atoms with van der Waals surface area (Å²) in [7, 11) is 0. The molecule has 1 amide bonds. The van der Waals surface area contributed by atoms with Crippen molar-refractivity contribution in [1.82, 2.24) is 5.32 Å². The second-order valence-electron chi connectivity index (χ2n) is 3.90. The summed E-state index contributed by atoms with van der Waals surface area (Å²) < 4.78 is 0. The summed E-state index contributed by atoms with van der Waals surface area (Å²) in [5.74, 6) is -0.199. The third kappa shape index (κ3) is 3.02. The molecule has 2 rings (SSSR count). The average Bonchev–Trinajstić information content (AvgIpc) is 2.97. The molecule has 0 bridgehead atoms. The molecule has 0 saturated heterocycles.